The molecule has 5 nitrogen and oxygen atoms in total. The summed E-state index contributed by atoms with van der Waals surface area (Å²) in [6, 6.07) is 6.13. The molecule has 3 rings (SSSR count). The second-order valence-electron chi connectivity index (χ2n) is 6.32. The van der Waals surface area contributed by atoms with Crippen molar-refractivity contribution >= 4 is 28.3 Å². The number of benzene rings is 1. The van der Waals surface area contributed by atoms with Crippen molar-refractivity contribution in [3.8, 4) is 11.3 Å². The Kier molecular flexibility index (Phi) is 4.99. The fraction of sp³-hybridized carbons (Fsp3) is 0.316. The summed E-state index contributed by atoms with van der Waals surface area (Å²) in [4.78, 5) is 28.2. The second kappa shape index (κ2) is 7.19. The molecule has 0 radical (unpaired) electrons. The summed E-state index contributed by atoms with van der Waals surface area (Å²) in [5.41, 5.74) is 4.13. The van der Waals surface area contributed by atoms with E-state index in [9.17, 15) is 14.7 Å². The van der Waals surface area contributed by atoms with Crippen LogP contribution in [0.15, 0.2) is 35.7 Å². The first-order valence-electron chi connectivity index (χ1n) is 8.15. The number of hydrogen-bond acceptors (Lipinski definition) is 5. The molecule has 25 heavy (non-hydrogen) atoms. The molecule has 0 unspecified atom stereocenters. The number of aryl methyl sites for hydroxylation is 2. The Morgan fingerprint density at radius 1 is 1.20 bits per heavy atom. The molecule has 0 bridgehead atoms. The number of rotatable bonds is 4. The van der Waals surface area contributed by atoms with E-state index in [1.807, 2.05) is 37.4 Å². The summed E-state index contributed by atoms with van der Waals surface area (Å²) in [6.07, 6.45) is 4.35. The van der Waals surface area contributed by atoms with Gasteiger partial charge >= 0.3 is 0 Å². The van der Waals surface area contributed by atoms with Gasteiger partial charge in [-0.05, 0) is 32.3 Å². The summed E-state index contributed by atoms with van der Waals surface area (Å²) in [5.74, 6) is -2.91. The molecule has 0 aliphatic heterocycles. The van der Waals surface area contributed by atoms with Gasteiger partial charge in [0.25, 0.3) is 0 Å². The number of carbonyl (C=O) groups excluding carboxylic acids is 2. The Bertz CT molecular complexity index is 841. The zero-order chi connectivity index (χ0) is 18.0. The van der Waals surface area contributed by atoms with Crippen molar-refractivity contribution < 1.29 is 14.7 Å². The summed E-state index contributed by atoms with van der Waals surface area (Å²) in [6.45, 7) is 4.06. The predicted molar refractivity (Wildman–Crippen MR) is 96.0 cm³/mol. The van der Waals surface area contributed by atoms with Crippen LogP contribution in [0.4, 0.5) is 5.13 Å². The smallest absolute Gasteiger partial charge is 0.230 e. The molecule has 6 heteroatoms. The fourth-order valence-electron chi connectivity index (χ4n) is 3.12. The molecule has 1 aliphatic rings. The van der Waals surface area contributed by atoms with E-state index in [4.69, 9.17) is 0 Å². The van der Waals surface area contributed by atoms with Gasteiger partial charge in [-0.1, -0.05) is 35.9 Å². The van der Waals surface area contributed by atoms with Crippen molar-refractivity contribution in [2.24, 2.45) is 11.8 Å². The lowest BCUT2D eigenvalue weighted by molar-refractivity contribution is -0.313. The Morgan fingerprint density at radius 2 is 1.92 bits per heavy atom. The molecule has 1 aliphatic carbocycles. The van der Waals surface area contributed by atoms with Gasteiger partial charge in [-0.15, -0.1) is 11.3 Å². The predicted octanol–water partition coefficient (Wildman–Crippen LogP) is 2.70. The molecule has 0 spiro atoms. The van der Waals surface area contributed by atoms with Crippen LogP contribution < -0.4 is 10.4 Å². The van der Waals surface area contributed by atoms with E-state index in [1.165, 1.54) is 16.9 Å². The fourth-order valence-corrected chi connectivity index (χ4v) is 3.83. The third-order valence-corrected chi connectivity index (χ3v) is 5.22. The van der Waals surface area contributed by atoms with Crippen molar-refractivity contribution in [3.63, 3.8) is 0 Å². The van der Waals surface area contributed by atoms with E-state index in [1.54, 1.807) is 6.08 Å². The number of hydrogen-bond donors (Lipinski definition) is 1. The van der Waals surface area contributed by atoms with Crippen LogP contribution in [0.1, 0.15) is 24.0 Å². The number of carboxylic acids is 1. The van der Waals surface area contributed by atoms with Crippen LogP contribution in [0, 0.1) is 25.7 Å². The molecule has 1 N–H and O–H groups in total. The average molecular weight is 355 g/mol. The maximum absolute atomic E-state index is 12.5. The Hall–Kier alpha value is -2.47. The van der Waals surface area contributed by atoms with Gasteiger partial charge < -0.3 is 15.2 Å². The SMILES string of the molecule is Cc1ccc(-c2csc(NC(=O)[C@H]3CC=CC[C@@H]3C(=O)[O-])n2)c(C)c1. The van der Waals surface area contributed by atoms with E-state index in [0.717, 1.165) is 16.8 Å². The van der Waals surface area contributed by atoms with Gasteiger partial charge in [0.2, 0.25) is 5.91 Å². The molecule has 1 aromatic heterocycles. The maximum Gasteiger partial charge on any atom is 0.230 e. The number of amides is 1. The topological polar surface area (TPSA) is 82.1 Å². The molecule has 0 saturated carbocycles. The van der Waals surface area contributed by atoms with E-state index < -0.39 is 17.8 Å². The Balaban J connectivity index is 1.76. The Labute approximate surface area is 150 Å². The molecule has 2 atom stereocenters. The van der Waals surface area contributed by atoms with Crippen LogP contribution >= 0.6 is 11.3 Å². The zero-order valence-electron chi connectivity index (χ0n) is 14.1. The molecular weight excluding hydrogens is 336 g/mol. The molecule has 0 saturated heterocycles. The van der Waals surface area contributed by atoms with Gasteiger partial charge in [-0.3, -0.25) is 4.79 Å². The van der Waals surface area contributed by atoms with Gasteiger partial charge in [0.15, 0.2) is 5.13 Å². The van der Waals surface area contributed by atoms with E-state index in [0.29, 0.717) is 18.0 Å². The number of aromatic nitrogens is 1. The van der Waals surface area contributed by atoms with Crippen molar-refractivity contribution in [1.29, 1.82) is 0 Å². The lowest BCUT2D eigenvalue weighted by atomic mass is 9.82. The summed E-state index contributed by atoms with van der Waals surface area (Å²) >= 11 is 1.34. The first-order chi connectivity index (χ1) is 12.0. The minimum absolute atomic E-state index is 0.319. The quantitative estimate of drug-likeness (QED) is 0.855. The van der Waals surface area contributed by atoms with Crippen molar-refractivity contribution in [2.45, 2.75) is 26.7 Å². The number of carbonyl (C=O) groups is 2. The highest BCUT2D eigenvalue weighted by Gasteiger charge is 2.30. The van der Waals surface area contributed by atoms with Gasteiger partial charge in [-0.2, -0.15) is 0 Å². The first-order valence-corrected chi connectivity index (χ1v) is 9.03. The maximum atomic E-state index is 12.5. The molecule has 2 aromatic rings. The molecule has 1 heterocycles. The first kappa shape index (κ1) is 17.4. The van der Waals surface area contributed by atoms with Crippen LogP contribution in [-0.2, 0) is 9.59 Å². The standard InChI is InChI=1S/C19H20N2O3S/c1-11-7-8-13(12(2)9-11)16-10-25-19(20-16)21-17(22)14-5-3-4-6-15(14)18(23)24/h3-4,7-10,14-15H,5-6H2,1-2H3,(H,23,24)(H,20,21,22)/p-1/t14-,15-/m0/s1. The molecular formula is C19H19N2O3S-. The lowest BCUT2D eigenvalue weighted by Gasteiger charge is -2.27. The van der Waals surface area contributed by atoms with E-state index in [-0.39, 0.29) is 5.91 Å². The van der Waals surface area contributed by atoms with Gasteiger partial charge in [0.05, 0.1) is 11.6 Å². The number of thiazole rings is 1. The zero-order valence-corrected chi connectivity index (χ0v) is 14.9. The lowest BCUT2D eigenvalue weighted by Crippen LogP contribution is -2.41. The van der Waals surface area contributed by atoms with E-state index in [2.05, 4.69) is 16.4 Å². The van der Waals surface area contributed by atoms with Gasteiger partial charge in [0, 0.05) is 22.8 Å². The minimum Gasteiger partial charge on any atom is -0.550 e. The summed E-state index contributed by atoms with van der Waals surface area (Å²) in [7, 11) is 0. The van der Waals surface area contributed by atoms with Crippen molar-refractivity contribution in [2.75, 3.05) is 5.32 Å². The summed E-state index contributed by atoms with van der Waals surface area (Å²) < 4.78 is 0. The summed E-state index contributed by atoms with van der Waals surface area (Å²) in [5, 5.41) is 16.4. The third-order valence-electron chi connectivity index (χ3n) is 4.46. The molecule has 1 amide bonds. The highest BCUT2D eigenvalue weighted by atomic mass is 32.1. The van der Waals surface area contributed by atoms with Crippen LogP contribution in [0.2, 0.25) is 0 Å². The van der Waals surface area contributed by atoms with Crippen LogP contribution in [-0.4, -0.2) is 16.9 Å². The molecule has 0 fully saturated rings. The number of anilines is 1. The number of nitrogens with one attached hydrogen (secondary N) is 1. The normalized spacial score (nSPS) is 19.6. The van der Waals surface area contributed by atoms with E-state index >= 15 is 0 Å². The monoisotopic (exact) mass is 355 g/mol. The van der Waals surface area contributed by atoms with Crippen molar-refractivity contribution in [1.82, 2.24) is 4.98 Å². The number of allylic oxidation sites excluding steroid dienone is 2. The van der Waals surface area contributed by atoms with Crippen LogP contribution in [0.3, 0.4) is 0 Å². The Morgan fingerprint density at radius 3 is 2.60 bits per heavy atom. The third kappa shape index (κ3) is 3.79. The minimum atomic E-state index is -1.18. The second-order valence-corrected chi connectivity index (χ2v) is 7.18. The number of carboxylic acid groups (broad SMARTS) is 1. The average Bonchev–Trinajstić information content (AvgIpc) is 3.02. The van der Waals surface area contributed by atoms with Crippen molar-refractivity contribution in [3.05, 3.63) is 46.9 Å². The molecule has 1 aromatic carbocycles. The largest absolute Gasteiger partial charge is 0.550 e. The number of aliphatic carboxylic acids is 1. The van der Waals surface area contributed by atoms with Crippen LogP contribution in [0.25, 0.3) is 11.3 Å². The van der Waals surface area contributed by atoms with Gasteiger partial charge in [0.1, 0.15) is 0 Å². The van der Waals surface area contributed by atoms with Gasteiger partial charge in [-0.25, -0.2) is 4.98 Å². The number of nitrogens with zero attached hydrogens (tertiary/aromatic N) is 1. The molecule has 130 valence electrons. The highest BCUT2D eigenvalue weighted by molar-refractivity contribution is 7.14. The highest BCUT2D eigenvalue weighted by Crippen LogP contribution is 2.30. The van der Waals surface area contributed by atoms with Crippen LogP contribution in [0.5, 0.6) is 0 Å².